The number of rotatable bonds is 6. The van der Waals surface area contributed by atoms with Gasteiger partial charge in [-0.2, -0.15) is 0 Å². The van der Waals surface area contributed by atoms with E-state index in [4.69, 9.17) is 9.47 Å². The molecule has 0 radical (unpaired) electrons. The van der Waals surface area contributed by atoms with Gasteiger partial charge in [-0.15, -0.1) is 6.58 Å². The average molecular weight is 352 g/mol. The fourth-order valence-electron chi connectivity index (χ4n) is 2.95. The molecule has 0 aliphatic carbocycles. The average Bonchev–Trinajstić information content (AvgIpc) is 2.69. The summed E-state index contributed by atoms with van der Waals surface area (Å²) in [5.41, 5.74) is 3.70. The van der Waals surface area contributed by atoms with Gasteiger partial charge >= 0.3 is 0 Å². The SMILES string of the molecule is C=CCc1cc(C=Nc2ccc(N3CCOCC3)cc2)cc(OC)c1O. The van der Waals surface area contributed by atoms with Gasteiger partial charge in [0.05, 0.1) is 26.0 Å². The Morgan fingerprint density at radius 2 is 1.96 bits per heavy atom. The molecule has 0 atom stereocenters. The van der Waals surface area contributed by atoms with Crippen LogP contribution >= 0.6 is 0 Å². The van der Waals surface area contributed by atoms with Gasteiger partial charge in [0.2, 0.25) is 0 Å². The molecule has 26 heavy (non-hydrogen) atoms. The van der Waals surface area contributed by atoms with Crippen LogP contribution in [-0.4, -0.2) is 44.7 Å². The normalized spacial score (nSPS) is 14.6. The van der Waals surface area contributed by atoms with Crippen LogP contribution in [0.2, 0.25) is 0 Å². The molecule has 136 valence electrons. The summed E-state index contributed by atoms with van der Waals surface area (Å²) in [5, 5.41) is 10.2. The summed E-state index contributed by atoms with van der Waals surface area (Å²) in [6, 6.07) is 11.8. The number of nitrogens with zero attached hydrogens (tertiary/aromatic N) is 2. The van der Waals surface area contributed by atoms with Crippen molar-refractivity contribution in [3.8, 4) is 11.5 Å². The number of morpholine rings is 1. The van der Waals surface area contributed by atoms with E-state index in [1.165, 1.54) is 12.8 Å². The van der Waals surface area contributed by atoms with E-state index in [0.29, 0.717) is 12.2 Å². The van der Waals surface area contributed by atoms with Gasteiger partial charge in [0, 0.05) is 30.6 Å². The van der Waals surface area contributed by atoms with E-state index < -0.39 is 0 Å². The van der Waals surface area contributed by atoms with Gasteiger partial charge in [0.25, 0.3) is 0 Å². The zero-order valence-electron chi connectivity index (χ0n) is 15.0. The Labute approximate surface area is 154 Å². The van der Waals surface area contributed by atoms with Crippen molar-refractivity contribution in [1.82, 2.24) is 0 Å². The quantitative estimate of drug-likeness (QED) is 0.636. The Morgan fingerprint density at radius 1 is 1.23 bits per heavy atom. The molecule has 0 bridgehead atoms. The second kappa shape index (κ2) is 8.54. The zero-order chi connectivity index (χ0) is 18.4. The number of benzene rings is 2. The van der Waals surface area contributed by atoms with Gasteiger partial charge in [-0.05, 0) is 48.4 Å². The van der Waals surface area contributed by atoms with Crippen LogP contribution in [0.5, 0.6) is 11.5 Å². The van der Waals surface area contributed by atoms with E-state index in [1.54, 1.807) is 18.4 Å². The van der Waals surface area contributed by atoms with Crippen LogP contribution in [0.1, 0.15) is 11.1 Å². The van der Waals surface area contributed by atoms with Gasteiger partial charge in [0.1, 0.15) is 0 Å². The van der Waals surface area contributed by atoms with E-state index in [-0.39, 0.29) is 5.75 Å². The minimum atomic E-state index is 0.152. The van der Waals surface area contributed by atoms with Crippen LogP contribution < -0.4 is 9.64 Å². The number of hydrogen-bond acceptors (Lipinski definition) is 5. The number of anilines is 1. The third kappa shape index (κ3) is 4.24. The summed E-state index contributed by atoms with van der Waals surface area (Å²) >= 11 is 0. The molecule has 1 fully saturated rings. The highest BCUT2D eigenvalue weighted by Gasteiger charge is 2.11. The summed E-state index contributed by atoms with van der Waals surface area (Å²) in [6.07, 6.45) is 4.09. The Morgan fingerprint density at radius 3 is 2.62 bits per heavy atom. The molecule has 1 N–H and O–H groups in total. The zero-order valence-corrected chi connectivity index (χ0v) is 15.0. The first kappa shape index (κ1) is 18.0. The summed E-state index contributed by atoms with van der Waals surface area (Å²) in [5.74, 6) is 0.591. The minimum absolute atomic E-state index is 0.152. The topological polar surface area (TPSA) is 54.3 Å². The maximum Gasteiger partial charge on any atom is 0.161 e. The van der Waals surface area contributed by atoms with Gasteiger partial charge in [0.15, 0.2) is 11.5 Å². The Hall–Kier alpha value is -2.79. The number of aliphatic imine (C=N–C) groups is 1. The van der Waals surface area contributed by atoms with Gasteiger partial charge < -0.3 is 19.5 Å². The van der Waals surface area contributed by atoms with Crippen molar-refractivity contribution >= 4 is 17.6 Å². The van der Waals surface area contributed by atoms with Crippen molar-refractivity contribution in [2.45, 2.75) is 6.42 Å². The molecule has 5 heteroatoms. The third-order valence-electron chi connectivity index (χ3n) is 4.35. The van der Waals surface area contributed by atoms with Gasteiger partial charge in [-0.25, -0.2) is 0 Å². The van der Waals surface area contributed by atoms with E-state index in [0.717, 1.165) is 43.1 Å². The fourth-order valence-corrected chi connectivity index (χ4v) is 2.95. The van der Waals surface area contributed by atoms with Crippen molar-refractivity contribution in [3.63, 3.8) is 0 Å². The highest BCUT2D eigenvalue weighted by molar-refractivity contribution is 5.84. The number of aromatic hydroxyl groups is 1. The molecule has 0 unspecified atom stereocenters. The number of ether oxygens (including phenoxy) is 2. The number of hydrogen-bond donors (Lipinski definition) is 1. The molecule has 2 aromatic carbocycles. The second-order valence-corrected chi connectivity index (χ2v) is 6.10. The first-order valence-electron chi connectivity index (χ1n) is 8.69. The predicted molar refractivity (Wildman–Crippen MR) is 105 cm³/mol. The second-order valence-electron chi connectivity index (χ2n) is 6.10. The standard InChI is InChI=1S/C21H24N2O3/c1-3-4-17-13-16(14-20(25-2)21(17)24)15-22-18-5-7-19(8-6-18)23-9-11-26-12-10-23/h3,5-8,13-15,24H,1,4,9-12H2,2H3. The van der Waals surface area contributed by atoms with E-state index in [1.807, 2.05) is 18.2 Å². The largest absolute Gasteiger partial charge is 0.504 e. The summed E-state index contributed by atoms with van der Waals surface area (Å²) in [7, 11) is 1.54. The lowest BCUT2D eigenvalue weighted by Gasteiger charge is -2.28. The van der Waals surface area contributed by atoms with Crippen molar-refractivity contribution < 1.29 is 14.6 Å². The van der Waals surface area contributed by atoms with Crippen molar-refractivity contribution in [3.05, 3.63) is 60.2 Å². The number of phenolic OH excluding ortho intramolecular Hbond substituents is 1. The Bertz CT molecular complexity index is 779. The van der Waals surface area contributed by atoms with E-state index in [2.05, 4.69) is 28.6 Å². The van der Waals surface area contributed by atoms with Crippen LogP contribution in [0.25, 0.3) is 0 Å². The molecule has 3 rings (SSSR count). The number of methoxy groups -OCH3 is 1. The maximum absolute atomic E-state index is 10.2. The lowest BCUT2D eigenvalue weighted by Crippen LogP contribution is -2.36. The number of phenols is 1. The molecule has 1 aliphatic heterocycles. The molecule has 0 saturated carbocycles. The molecule has 5 nitrogen and oxygen atoms in total. The van der Waals surface area contributed by atoms with Crippen molar-refractivity contribution in [1.29, 1.82) is 0 Å². The monoisotopic (exact) mass is 352 g/mol. The first-order valence-corrected chi connectivity index (χ1v) is 8.69. The molecule has 0 aromatic heterocycles. The van der Waals surface area contributed by atoms with Crippen LogP contribution in [0.15, 0.2) is 54.0 Å². The molecular formula is C21H24N2O3. The molecular weight excluding hydrogens is 328 g/mol. The maximum atomic E-state index is 10.2. The summed E-state index contributed by atoms with van der Waals surface area (Å²) < 4.78 is 10.6. The molecule has 0 spiro atoms. The third-order valence-corrected chi connectivity index (χ3v) is 4.35. The molecule has 1 aliphatic rings. The molecule has 2 aromatic rings. The van der Waals surface area contributed by atoms with Crippen LogP contribution in [0.4, 0.5) is 11.4 Å². The van der Waals surface area contributed by atoms with Crippen molar-refractivity contribution in [2.24, 2.45) is 4.99 Å². The Balaban J connectivity index is 1.76. The van der Waals surface area contributed by atoms with Crippen LogP contribution in [0, 0.1) is 0 Å². The smallest absolute Gasteiger partial charge is 0.161 e. The van der Waals surface area contributed by atoms with E-state index in [9.17, 15) is 5.11 Å². The number of allylic oxidation sites excluding steroid dienone is 1. The van der Waals surface area contributed by atoms with E-state index >= 15 is 0 Å². The Kier molecular flexibility index (Phi) is 5.92. The molecule has 1 saturated heterocycles. The van der Waals surface area contributed by atoms with Crippen LogP contribution in [-0.2, 0) is 11.2 Å². The minimum Gasteiger partial charge on any atom is -0.504 e. The lowest BCUT2D eigenvalue weighted by molar-refractivity contribution is 0.122. The van der Waals surface area contributed by atoms with Gasteiger partial charge in [-0.1, -0.05) is 6.08 Å². The predicted octanol–water partition coefficient (Wildman–Crippen LogP) is 3.72. The van der Waals surface area contributed by atoms with Crippen molar-refractivity contribution in [2.75, 3.05) is 38.3 Å². The highest BCUT2D eigenvalue weighted by Crippen LogP contribution is 2.31. The highest BCUT2D eigenvalue weighted by atomic mass is 16.5. The first-order chi connectivity index (χ1) is 12.7. The fraction of sp³-hybridized carbons (Fsp3) is 0.286. The van der Waals surface area contributed by atoms with Gasteiger partial charge in [-0.3, -0.25) is 4.99 Å². The lowest BCUT2D eigenvalue weighted by atomic mass is 10.1. The summed E-state index contributed by atoms with van der Waals surface area (Å²) in [4.78, 5) is 6.85. The molecule has 0 amide bonds. The van der Waals surface area contributed by atoms with Crippen LogP contribution in [0.3, 0.4) is 0 Å². The molecule has 1 heterocycles. The summed E-state index contributed by atoms with van der Waals surface area (Å²) in [6.45, 7) is 7.11.